The van der Waals surface area contributed by atoms with Gasteiger partial charge in [0.05, 0.1) is 4.92 Å². The maximum atomic E-state index is 12.1. The van der Waals surface area contributed by atoms with Crippen molar-refractivity contribution in [2.24, 2.45) is 5.16 Å². The number of rotatable bonds is 4. The van der Waals surface area contributed by atoms with Crippen LogP contribution < -0.4 is 0 Å². The molecular formula is C14H15N3O6S. The minimum absolute atomic E-state index is 0.0524. The fourth-order valence-electron chi connectivity index (χ4n) is 2.21. The van der Waals surface area contributed by atoms with Crippen molar-refractivity contribution < 1.29 is 24.5 Å². The summed E-state index contributed by atoms with van der Waals surface area (Å²) in [7, 11) is 0. The summed E-state index contributed by atoms with van der Waals surface area (Å²) in [5.74, 6) is 0.141. The second-order valence-corrected chi connectivity index (χ2v) is 6.52. The van der Waals surface area contributed by atoms with Gasteiger partial charge in [-0.1, -0.05) is 16.9 Å². The van der Waals surface area contributed by atoms with E-state index in [-0.39, 0.29) is 41.5 Å². The number of non-ortho nitro benzene ring substituents is 1. The number of nitro groups is 1. The molecule has 128 valence electrons. The number of hydrogen-bond acceptors (Lipinski definition) is 8. The second-order valence-electron chi connectivity index (χ2n) is 5.04. The Hall–Kier alpha value is -2.62. The maximum absolute atomic E-state index is 12.1. The van der Waals surface area contributed by atoms with E-state index in [1.54, 1.807) is 0 Å². The average Bonchev–Trinajstić information content (AvgIpc) is 2.95. The van der Waals surface area contributed by atoms with Crippen LogP contribution in [-0.2, 0) is 16.1 Å². The number of amides is 1. The van der Waals surface area contributed by atoms with E-state index in [0.717, 1.165) is 11.8 Å². The predicted molar refractivity (Wildman–Crippen MR) is 85.9 cm³/mol. The molecule has 1 aromatic carbocycles. The molecule has 1 atom stereocenters. The quantitative estimate of drug-likeness (QED) is 0.501. The van der Waals surface area contributed by atoms with Crippen molar-refractivity contribution in [3.05, 3.63) is 39.9 Å². The van der Waals surface area contributed by atoms with E-state index in [2.05, 4.69) is 5.16 Å². The summed E-state index contributed by atoms with van der Waals surface area (Å²) in [6.45, 7) is 1.56. The summed E-state index contributed by atoms with van der Waals surface area (Å²) in [5.41, 5.74) is 0.536. The zero-order chi connectivity index (χ0) is 17.7. The third-order valence-corrected chi connectivity index (χ3v) is 4.27. The molecule has 1 saturated heterocycles. The summed E-state index contributed by atoms with van der Waals surface area (Å²) in [6.07, 6.45) is -0.416. The van der Waals surface area contributed by atoms with Crippen molar-refractivity contribution in [1.29, 1.82) is 0 Å². The summed E-state index contributed by atoms with van der Waals surface area (Å²) in [4.78, 5) is 34.5. The van der Waals surface area contributed by atoms with Gasteiger partial charge in [-0.25, -0.2) is 4.79 Å². The van der Waals surface area contributed by atoms with Crippen molar-refractivity contribution in [3.63, 3.8) is 0 Å². The lowest BCUT2D eigenvalue weighted by molar-refractivity contribution is -0.384. The van der Waals surface area contributed by atoms with Gasteiger partial charge in [-0.05, 0) is 17.7 Å². The van der Waals surface area contributed by atoms with Crippen LogP contribution in [0.2, 0.25) is 0 Å². The van der Waals surface area contributed by atoms with Gasteiger partial charge in [0.25, 0.3) is 5.69 Å². The number of thioether (sulfide) groups is 1. The molecule has 24 heavy (non-hydrogen) atoms. The number of likely N-dealkylation sites (tertiary alicyclic amines) is 1. The highest BCUT2D eigenvalue weighted by molar-refractivity contribution is 8.14. The normalized spacial score (nSPS) is 18.6. The number of amidine groups is 1. The zero-order valence-corrected chi connectivity index (χ0v) is 13.6. The molecule has 1 aliphatic heterocycles. The van der Waals surface area contributed by atoms with E-state index in [4.69, 9.17) is 9.94 Å². The molecule has 1 amide bonds. The minimum Gasteiger partial charge on any atom is -0.444 e. The van der Waals surface area contributed by atoms with Gasteiger partial charge in [-0.3, -0.25) is 19.8 Å². The molecule has 0 unspecified atom stereocenters. The van der Waals surface area contributed by atoms with E-state index in [9.17, 15) is 19.7 Å². The van der Waals surface area contributed by atoms with Crippen LogP contribution in [0.3, 0.4) is 0 Å². The average molecular weight is 353 g/mol. The van der Waals surface area contributed by atoms with Gasteiger partial charge in [0, 0.05) is 37.3 Å². The number of oxime groups is 1. The third kappa shape index (κ3) is 4.44. The van der Waals surface area contributed by atoms with Gasteiger partial charge in [-0.15, -0.1) is 0 Å². The fraction of sp³-hybridized carbons (Fsp3) is 0.357. The molecule has 0 aromatic heterocycles. The predicted octanol–water partition coefficient (Wildman–Crippen LogP) is 2.37. The SMILES string of the molecule is CC(=O)S[C@H]1CC(=NO)N(C(=O)OCc2ccc([N+](=O)[O-])cc2)C1. The summed E-state index contributed by atoms with van der Waals surface area (Å²) in [6, 6.07) is 5.62. The number of carbonyl (C=O) groups excluding carboxylic acids is 2. The van der Waals surface area contributed by atoms with Crippen LogP contribution in [0, 0.1) is 10.1 Å². The Labute approximate surface area is 141 Å². The largest absolute Gasteiger partial charge is 0.444 e. The topological polar surface area (TPSA) is 122 Å². The Morgan fingerprint density at radius 1 is 1.46 bits per heavy atom. The standard InChI is InChI=1S/C14H15N3O6S/c1-9(18)24-12-6-13(15-20)16(7-12)14(19)23-8-10-2-4-11(5-3-10)17(21)22/h2-5,12,20H,6-8H2,1H3/t12-/m0/s1. The van der Waals surface area contributed by atoms with Crippen LogP contribution in [0.1, 0.15) is 18.9 Å². The van der Waals surface area contributed by atoms with Crippen molar-refractivity contribution in [3.8, 4) is 0 Å². The molecule has 0 saturated carbocycles. The van der Waals surface area contributed by atoms with Gasteiger partial charge < -0.3 is 9.94 Å². The number of benzene rings is 1. The van der Waals surface area contributed by atoms with Crippen molar-refractivity contribution in [1.82, 2.24) is 4.90 Å². The number of nitro benzene ring substituents is 1. The molecule has 2 rings (SSSR count). The molecule has 0 aliphatic carbocycles. The smallest absolute Gasteiger partial charge is 0.415 e. The van der Waals surface area contributed by atoms with Crippen LogP contribution in [0.4, 0.5) is 10.5 Å². The first-order valence-corrected chi connectivity index (χ1v) is 7.84. The lowest BCUT2D eigenvalue weighted by Crippen LogP contribution is -2.33. The lowest BCUT2D eigenvalue weighted by atomic mass is 10.2. The van der Waals surface area contributed by atoms with E-state index in [0.29, 0.717) is 5.56 Å². The van der Waals surface area contributed by atoms with Gasteiger partial charge in [0.2, 0.25) is 0 Å². The van der Waals surface area contributed by atoms with Gasteiger partial charge in [0.1, 0.15) is 6.61 Å². The van der Waals surface area contributed by atoms with Gasteiger partial charge >= 0.3 is 6.09 Å². The molecule has 10 heteroatoms. The van der Waals surface area contributed by atoms with E-state index < -0.39 is 11.0 Å². The van der Waals surface area contributed by atoms with E-state index in [1.807, 2.05) is 0 Å². The molecule has 9 nitrogen and oxygen atoms in total. The molecule has 0 bridgehead atoms. The van der Waals surface area contributed by atoms with Crippen molar-refractivity contribution >= 4 is 34.5 Å². The Bertz CT molecular complexity index is 676. The third-order valence-electron chi connectivity index (χ3n) is 3.29. The fourth-order valence-corrected chi connectivity index (χ4v) is 3.14. The maximum Gasteiger partial charge on any atom is 0.415 e. The second kappa shape index (κ2) is 7.77. The van der Waals surface area contributed by atoms with E-state index >= 15 is 0 Å². The lowest BCUT2D eigenvalue weighted by Gasteiger charge is -2.16. The number of carbonyl (C=O) groups is 2. The number of hydrogen-bond donors (Lipinski definition) is 1. The number of ether oxygens (including phenoxy) is 1. The molecule has 1 heterocycles. The van der Waals surface area contributed by atoms with Gasteiger partial charge in [0.15, 0.2) is 11.0 Å². The van der Waals surface area contributed by atoms with Crippen LogP contribution in [0.5, 0.6) is 0 Å². The summed E-state index contributed by atoms with van der Waals surface area (Å²) in [5, 5.41) is 22.4. The highest BCUT2D eigenvalue weighted by Crippen LogP contribution is 2.25. The van der Waals surface area contributed by atoms with Crippen LogP contribution in [0.15, 0.2) is 29.4 Å². The monoisotopic (exact) mass is 353 g/mol. The van der Waals surface area contributed by atoms with Crippen molar-refractivity contribution in [2.75, 3.05) is 6.54 Å². The molecule has 0 radical (unpaired) electrons. The Kier molecular flexibility index (Phi) is 5.74. The first-order chi connectivity index (χ1) is 11.4. The minimum atomic E-state index is -0.701. The molecular weight excluding hydrogens is 338 g/mol. The van der Waals surface area contributed by atoms with Gasteiger partial charge in [-0.2, -0.15) is 0 Å². The molecule has 1 fully saturated rings. The summed E-state index contributed by atoms with van der Waals surface area (Å²) < 4.78 is 5.13. The first-order valence-electron chi connectivity index (χ1n) is 6.96. The highest BCUT2D eigenvalue weighted by Gasteiger charge is 2.35. The molecule has 1 aromatic rings. The van der Waals surface area contributed by atoms with E-state index in [1.165, 1.54) is 36.1 Å². The Morgan fingerprint density at radius 2 is 2.12 bits per heavy atom. The molecule has 0 spiro atoms. The first kappa shape index (κ1) is 17.7. The molecule has 1 aliphatic rings. The Morgan fingerprint density at radius 3 is 2.67 bits per heavy atom. The molecule has 1 N–H and O–H groups in total. The Balaban J connectivity index is 1.93. The number of nitrogens with zero attached hydrogens (tertiary/aromatic N) is 3. The highest BCUT2D eigenvalue weighted by atomic mass is 32.2. The van der Waals surface area contributed by atoms with Crippen LogP contribution >= 0.6 is 11.8 Å². The van der Waals surface area contributed by atoms with Crippen LogP contribution in [-0.4, -0.2) is 43.9 Å². The van der Waals surface area contributed by atoms with Crippen molar-refractivity contribution in [2.45, 2.75) is 25.2 Å². The zero-order valence-electron chi connectivity index (χ0n) is 12.7. The summed E-state index contributed by atoms with van der Waals surface area (Å²) >= 11 is 1.08. The van der Waals surface area contributed by atoms with Crippen LogP contribution in [0.25, 0.3) is 0 Å².